The van der Waals surface area contributed by atoms with Crippen molar-refractivity contribution in [3.63, 3.8) is 0 Å². The third kappa shape index (κ3) is 15.7. The van der Waals surface area contributed by atoms with Crippen molar-refractivity contribution in [3.8, 4) is 58.8 Å². The molecule has 1 amide bonds. The molecule has 0 aliphatic rings. The maximum absolute atomic E-state index is 14.3. The van der Waals surface area contributed by atoms with Crippen LogP contribution in [0.5, 0.6) is 0 Å². The van der Waals surface area contributed by atoms with E-state index in [2.05, 4.69) is 24.9 Å². The van der Waals surface area contributed by atoms with E-state index < -0.39 is 84.7 Å². The van der Waals surface area contributed by atoms with Crippen molar-refractivity contribution in [1.82, 2.24) is 74.7 Å². The Morgan fingerprint density at radius 1 is 0.254 bits per heavy atom. The van der Waals surface area contributed by atoms with Crippen LogP contribution in [0.3, 0.4) is 0 Å². The van der Waals surface area contributed by atoms with Gasteiger partial charge in [-0.3, -0.25) is 97.6 Å². The zero-order valence-electron chi connectivity index (χ0n) is 66.8. The molecule has 0 bridgehead atoms. The average Bonchev–Trinajstić information content (AvgIpc) is 0.763. The average molecular weight is 1730 g/mol. The van der Waals surface area contributed by atoms with E-state index in [-0.39, 0.29) is 111 Å². The molecule has 5 aromatic carbocycles. The van der Waals surface area contributed by atoms with Crippen molar-refractivity contribution < 1.29 is 26.7 Å². The highest BCUT2D eigenvalue weighted by Crippen LogP contribution is 2.25. The number of aromatic nitrogens is 15. The topological polar surface area (TPSA) is 421 Å². The van der Waals surface area contributed by atoms with Crippen LogP contribution in [0.2, 0.25) is 0 Å². The van der Waals surface area contributed by atoms with E-state index in [1.807, 2.05) is 0 Å². The number of nitrogens with zero attached hydrogens (tertiary/aromatic N) is 21. The summed E-state index contributed by atoms with van der Waals surface area (Å²) in [7, 11) is 3.38. The Hall–Kier alpha value is -19.5. The molecule has 20 rings (SSSR count). The minimum Gasteiger partial charge on any atom is -0.351 e. The molecule has 0 fully saturated rings. The van der Waals surface area contributed by atoms with Gasteiger partial charge >= 0.3 is 0 Å². The molecule has 15 aromatic heterocycles. The molecule has 0 radical (unpaired) electrons. The molecule has 0 unspecified atom stereocenters. The predicted molar refractivity (Wildman–Crippen MR) is 466 cm³/mol. The summed E-state index contributed by atoms with van der Waals surface area (Å²) in [6, 6.07) is 67.8. The van der Waals surface area contributed by atoms with Crippen molar-refractivity contribution in [2.45, 2.75) is 0 Å². The molecule has 0 saturated carbocycles. The van der Waals surface area contributed by atoms with Crippen LogP contribution in [0.1, 0.15) is 27.8 Å². The number of benzene rings is 5. The summed E-state index contributed by atoms with van der Waals surface area (Å²) < 4.78 is 82.8. The normalized spacial score (nSPS) is 10.7. The van der Waals surface area contributed by atoms with Crippen LogP contribution in [0.15, 0.2) is 322 Å². The molecule has 0 aliphatic heterocycles. The first kappa shape index (κ1) is 85.5. The monoisotopic (exact) mass is 1730 g/mol. The molecule has 32 nitrogen and oxygen atoms in total. The van der Waals surface area contributed by atoms with Gasteiger partial charge in [0, 0.05) is 45.1 Å². The number of carbonyl (C=O) groups excluding carboxylic acids is 1. The lowest BCUT2D eigenvalue weighted by Crippen LogP contribution is -2.26. The van der Waals surface area contributed by atoms with Crippen LogP contribution in [-0.4, -0.2) is 95.2 Å². The first-order valence-electron chi connectivity index (χ1n) is 38.1. The van der Waals surface area contributed by atoms with Gasteiger partial charge in [-0.05, 0) is 152 Å². The number of nitriles is 5. The van der Waals surface area contributed by atoms with Gasteiger partial charge in [-0.2, -0.15) is 26.3 Å². The van der Waals surface area contributed by atoms with Gasteiger partial charge in [-0.1, -0.05) is 91.0 Å². The second kappa shape index (κ2) is 35.9. The fraction of sp³-hybridized carbons (Fsp3) is 0.0215. The van der Waals surface area contributed by atoms with E-state index >= 15 is 0 Å². The van der Waals surface area contributed by atoms with Crippen molar-refractivity contribution in [2.24, 2.45) is 0 Å². The zero-order valence-corrected chi connectivity index (χ0v) is 66.8. The van der Waals surface area contributed by atoms with E-state index in [0.29, 0.717) is 28.2 Å². The number of amides is 1. The highest BCUT2D eigenvalue weighted by atomic mass is 19.1. The third-order valence-corrected chi connectivity index (χ3v) is 19.7. The van der Waals surface area contributed by atoms with Gasteiger partial charge in [-0.15, -0.1) is 0 Å². The number of hydrogen-bond donors (Lipinski definition) is 0. The standard InChI is InChI=1S/5C18H9FN4O2.C3H7NO/c5*19-13-5-1-2-6-14(13)23-16-12(9-11(10-20)17(23)24)18(25)22-8-4-3-7-15(22)21-16;1-4(2)3-5/h5*1-9H;3H,1-2H3. The van der Waals surface area contributed by atoms with E-state index in [0.717, 1.165) is 29.2 Å². The number of pyridine rings is 10. The second-order valence-electron chi connectivity index (χ2n) is 27.8. The third-order valence-electron chi connectivity index (χ3n) is 19.7. The maximum Gasteiger partial charge on any atom is 0.274 e. The fourth-order valence-electron chi connectivity index (χ4n) is 13.7. The lowest BCUT2D eigenvalue weighted by molar-refractivity contribution is -0.115. The van der Waals surface area contributed by atoms with Gasteiger partial charge in [0.1, 0.15) is 115 Å². The van der Waals surface area contributed by atoms with Gasteiger partial charge in [-0.25, -0.2) is 46.9 Å². The lowest BCUT2D eigenvalue weighted by atomic mass is 10.2. The molecule has 0 saturated heterocycles. The minimum atomic E-state index is -0.729. The van der Waals surface area contributed by atoms with Crippen LogP contribution in [0, 0.1) is 85.7 Å². The van der Waals surface area contributed by atoms with Crippen molar-refractivity contribution >= 4 is 89.8 Å². The fourth-order valence-corrected chi connectivity index (χ4v) is 13.7. The summed E-state index contributed by atoms with van der Waals surface area (Å²) in [5.74, 6) is -3.28. The van der Waals surface area contributed by atoms with Crippen molar-refractivity contribution in [2.75, 3.05) is 14.1 Å². The summed E-state index contributed by atoms with van der Waals surface area (Å²) in [5, 5.41) is 46.5. The SMILES string of the molecule is CN(C)C=O.N#Cc1cc2c(=O)n3ccccc3nc2n(-c2ccccc2F)c1=O.N#Cc1cc2c(=O)n3ccccc3nc2n(-c2ccccc2F)c1=O.N#Cc1cc2c(=O)n3ccccc3nc2n(-c2ccccc2F)c1=O.N#Cc1cc2c(=O)n3ccccc3nc2n(-c2ccccc2F)c1=O.N#Cc1cc2c(=O)n3ccccc3nc2n(-c2ccccc2F)c1=O. The lowest BCUT2D eigenvalue weighted by Gasteiger charge is -2.12. The Balaban J connectivity index is 0.000000123. The van der Waals surface area contributed by atoms with Gasteiger partial charge in [0.05, 0.1) is 55.4 Å². The summed E-state index contributed by atoms with van der Waals surface area (Å²) in [6.45, 7) is 0. The Bertz CT molecular complexity index is 7900. The van der Waals surface area contributed by atoms with Crippen LogP contribution in [0.4, 0.5) is 22.0 Å². The van der Waals surface area contributed by atoms with Crippen LogP contribution >= 0.6 is 0 Å². The number of para-hydroxylation sites is 5. The zero-order chi connectivity index (χ0) is 92.0. The number of hydrogen-bond acceptors (Lipinski definition) is 21. The second-order valence-corrected chi connectivity index (χ2v) is 27.8. The highest BCUT2D eigenvalue weighted by molar-refractivity contribution is 5.84. The number of carbonyl (C=O) groups is 1. The molecular formula is C93H52F5N21O11. The molecule has 0 spiro atoms. The Morgan fingerprint density at radius 3 is 0.554 bits per heavy atom. The van der Waals surface area contributed by atoms with E-state index in [4.69, 9.17) is 0 Å². The first-order chi connectivity index (χ1) is 62.8. The molecule has 0 aliphatic carbocycles. The molecule has 630 valence electrons. The summed E-state index contributed by atoms with van der Waals surface area (Å²) in [5.41, 5.74) is -5.90. The van der Waals surface area contributed by atoms with Crippen molar-refractivity contribution in [1.29, 1.82) is 26.3 Å². The largest absolute Gasteiger partial charge is 0.351 e. The minimum absolute atomic E-state index is 0.00491. The Labute approximate surface area is 721 Å². The van der Waals surface area contributed by atoms with Gasteiger partial charge in [0.25, 0.3) is 55.6 Å². The predicted octanol–water partition coefficient (Wildman–Crippen LogP) is 9.75. The summed E-state index contributed by atoms with van der Waals surface area (Å²) in [4.78, 5) is 159. The maximum atomic E-state index is 14.3. The van der Waals surface area contributed by atoms with E-state index in [1.54, 1.807) is 166 Å². The highest BCUT2D eigenvalue weighted by Gasteiger charge is 2.25. The van der Waals surface area contributed by atoms with Gasteiger partial charge < -0.3 is 4.90 Å². The van der Waals surface area contributed by atoms with E-state index in [9.17, 15) is 101 Å². The molecule has 37 heteroatoms. The molecular weight excluding hydrogens is 1680 g/mol. The van der Waals surface area contributed by atoms with Crippen LogP contribution in [0.25, 0.3) is 112 Å². The number of rotatable bonds is 6. The number of halogens is 5. The molecule has 0 N–H and O–H groups in total. The quantitative estimate of drug-likeness (QED) is 0.0848. The summed E-state index contributed by atoms with van der Waals surface area (Å²) in [6.07, 6.45) is 8.43. The summed E-state index contributed by atoms with van der Waals surface area (Å²) >= 11 is 0. The van der Waals surface area contributed by atoms with Crippen LogP contribution < -0.4 is 55.6 Å². The Morgan fingerprint density at radius 2 is 0.408 bits per heavy atom. The molecule has 0 atom stereocenters. The first-order valence-corrected chi connectivity index (χ1v) is 38.1. The molecule has 15 heterocycles. The molecule has 130 heavy (non-hydrogen) atoms. The van der Waals surface area contributed by atoms with Crippen LogP contribution in [-0.2, 0) is 4.79 Å². The van der Waals surface area contributed by atoms with Crippen molar-refractivity contribution in [3.05, 3.63) is 434 Å². The Kier molecular flexibility index (Phi) is 23.6. The van der Waals surface area contributed by atoms with E-state index in [1.165, 1.54) is 179 Å². The molecule has 20 aromatic rings. The van der Waals surface area contributed by atoms with Gasteiger partial charge in [0.2, 0.25) is 6.41 Å². The smallest absolute Gasteiger partial charge is 0.274 e. The van der Waals surface area contributed by atoms with Gasteiger partial charge in [0.15, 0.2) is 28.2 Å². The number of fused-ring (bicyclic) bond motifs is 10.